The molecule has 0 aliphatic carbocycles. The van der Waals surface area contributed by atoms with Crippen LogP contribution in [0.5, 0.6) is 0 Å². The zero-order valence-electron chi connectivity index (χ0n) is 14.0. The first kappa shape index (κ1) is 18.8. The Bertz CT molecular complexity index is 715. The Hall–Kier alpha value is -1.51. The van der Waals surface area contributed by atoms with Gasteiger partial charge in [0.1, 0.15) is 5.69 Å². The minimum atomic E-state index is -3.14. The van der Waals surface area contributed by atoms with Crippen LogP contribution in [-0.2, 0) is 10.0 Å². The van der Waals surface area contributed by atoms with E-state index < -0.39 is 10.0 Å². The first-order valence-corrected chi connectivity index (χ1v) is 10.5. The number of pyridine rings is 1. The third-order valence-electron chi connectivity index (χ3n) is 3.49. The molecule has 0 aromatic carbocycles. The predicted octanol–water partition coefficient (Wildman–Crippen LogP) is 3.12. The molecule has 132 valence electrons. The second-order valence-corrected chi connectivity index (χ2v) is 8.91. The summed E-state index contributed by atoms with van der Waals surface area (Å²) < 4.78 is 25.8. The highest BCUT2D eigenvalue weighted by atomic mass is 32.2. The van der Waals surface area contributed by atoms with Crippen LogP contribution in [0.15, 0.2) is 29.8 Å². The summed E-state index contributed by atoms with van der Waals surface area (Å²) in [7, 11) is -3.14. The lowest BCUT2D eigenvalue weighted by atomic mass is 10.2. The Morgan fingerprint density at radius 3 is 2.62 bits per heavy atom. The molecular formula is C16H24N4O2S2. The summed E-state index contributed by atoms with van der Waals surface area (Å²) in [4.78, 5) is 8.80. The molecule has 0 spiro atoms. The lowest BCUT2D eigenvalue weighted by molar-refractivity contribution is 0.566. The molecule has 0 atom stereocenters. The standard InChI is InChI=1S/C16H24N4O2S2/c1-13(2)24(21,22)19-11-6-3-5-10-18-16-20-15(12-23-16)14-8-4-7-9-17-14/h4,7-9,12-13,19H,3,5-6,10-11H2,1-2H3,(H,18,20). The first-order valence-electron chi connectivity index (χ1n) is 8.08. The molecule has 0 radical (unpaired) electrons. The highest BCUT2D eigenvalue weighted by Crippen LogP contribution is 2.22. The van der Waals surface area contributed by atoms with Crippen LogP contribution in [0, 0.1) is 0 Å². The van der Waals surface area contributed by atoms with E-state index in [2.05, 4.69) is 20.0 Å². The molecule has 2 heterocycles. The van der Waals surface area contributed by atoms with E-state index >= 15 is 0 Å². The normalized spacial score (nSPS) is 11.8. The number of aromatic nitrogens is 2. The van der Waals surface area contributed by atoms with Gasteiger partial charge in [0.2, 0.25) is 10.0 Å². The summed E-state index contributed by atoms with van der Waals surface area (Å²) in [5, 5.41) is 5.80. The number of nitrogens with zero attached hydrogens (tertiary/aromatic N) is 2. The smallest absolute Gasteiger partial charge is 0.213 e. The summed E-state index contributed by atoms with van der Waals surface area (Å²) in [6.45, 7) is 4.69. The van der Waals surface area contributed by atoms with Gasteiger partial charge in [0.25, 0.3) is 0 Å². The van der Waals surface area contributed by atoms with E-state index in [0.717, 1.165) is 42.3 Å². The van der Waals surface area contributed by atoms with E-state index in [0.29, 0.717) is 6.54 Å². The van der Waals surface area contributed by atoms with E-state index in [9.17, 15) is 8.42 Å². The van der Waals surface area contributed by atoms with Crippen LogP contribution in [0.3, 0.4) is 0 Å². The van der Waals surface area contributed by atoms with Gasteiger partial charge in [0, 0.05) is 24.7 Å². The van der Waals surface area contributed by atoms with Gasteiger partial charge in [-0.3, -0.25) is 4.98 Å². The maximum atomic E-state index is 11.6. The molecule has 0 unspecified atom stereocenters. The van der Waals surface area contributed by atoms with Gasteiger partial charge in [-0.1, -0.05) is 12.5 Å². The quantitative estimate of drug-likeness (QED) is 0.630. The minimum absolute atomic E-state index is 0.377. The van der Waals surface area contributed by atoms with Gasteiger partial charge < -0.3 is 5.32 Å². The van der Waals surface area contributed by atoms with Crippen LogP contribution in [0.4, 0.5) is 5.13 Å². The second kappa shape index (κ2) is 9.10. The number of nitrogens with one attached hydrogen (secondary N) is 2. The number of hydrogen-bond donors (Lipinski definition) is 2. The Morgan fingerprint density at radius 1 is 1.12 bits per heavy atom. The second-order valence-electron chi connectivity index (χ2n) is 5.73. The van der Waals surface area contributed by atoms with Gasteiger partial charge in [-0.05, 0) is 38.8 Å². The van der Waals surface area contributed by atoms with Crippen LogP contribution in [0.1, 0.15) is 33.1 Å². The summed E-state index contributed by atoms with van der Waals surface area (Å²) in [6.07, 6.45) is 4.54. The SMILES string of the molecule is CC(C)S(=O)(=O)NCCCCCNc1nc(-c2ccccn2)cs1. The highest BCUT2D eigenvalue weighted by molar-refractivity contribution is 7.90. The maximum Gasteiger partial charge on any atom is 0.213 e. The zero-order chi connectivity index (χ0) is 17.4. The number of thiazole rings is 1. The third kappa shape index (κ3) is 5.85. The van der Waals surface area contributed by atoms with Crippen molar-refractivity contribution < 1.29 is 8.42 Å². The fourth-order valence-corrected chi connectivity index (χ4v) is 3.49. The van der Waals surface area contributed by atoms with Crippen LogP contribution in [0.2, 0.25) is 0 Å². The Balaban J connectivity index is 1.63. The van der Waals surface area contributed by atoms with Crippen LogP contribution >= 0.6 is 11.3 Å². The van der Waals surface area contributed by atoms with Crippen LogP contribution in [-0.4, -0.2) is 36.7 Å². The van der Waals surface area contributed by atoms with Gasteiger partial charge >= 0.3 is 0 Å². The zero-order valence-corrected chi connectivity index (χ0v) is 15.7. The van der Waals surface area contributed by atoms with Crippen molar-refractivity contribution >= 4 is 26.5 Å². The summed E-state index contributed by atoms with van der Waals surface area (Å²) in [5.74, 6) is 0. The maximum absolute atomic E-state index is 11.6. The molecule has 2 aromatic rings. The van der Waals surface area contributed by atoms with Crippen molar-refractivity contribution in [2.45, 2.75) is 38.4 Å². The molecule has 0 fully saturated rings. The third-order valence-corrected chi connectivity index (χ3v) is 6.13. The van der Waals surface area contributed by atoms with E-state index in [1.807, 2.05) is 23.6 Å². The number of sulfonamides is 1. The average molecular weight is 369 g/mol. The lowest BCUT2D eigenvalue weighted by Gasteiger charge is -2.09. The van der Waals surface area contributed by atoms with E-state index in [4.69, 9.17) is 0 Å². The summed E-state index contributed by atoms with van der Waals surface area (Å²) in [6, 6.07) is 5.77. The molecule has 0 saturated heterocycles. The summed E-state index contributed by atoms with van der Waals surface area (Å²) >= 11 is 1.57. The van der Waals surface area contributed by atoms with Crippen LogP contribution in [0.25, 0.3) is 11.4 Å². The molecule has 0 saturated carbocycles. The van der Waals surface area contributed by atoms with E-state index in [1.54, 1.807) is 31.4 Å². The van der Waals surface area contributed by atoms with Crippen molar-refractivity contribution in [3.05, 3.63) is 29.8 Å². The molecule has 0 amide bonds. The molecular weight excluding hydrogens is 344 g/mol. The van der Waals surface area contributed by atoms with Crippen molar-refractivity contribution in [2.75, 3.05) is 18.4 Å². The van der Waals surface area contributed by atoms with Gasteiger partial charge in [-0.25, -0.2) is 18.1 Å². The minimum Gasteiger partial charge on any atom is -0.362 e. The van der Waals surface area contributed by atoms with Crippen molar-refractivity contribution in [1.29, 1.82) is 0 Å². The molecule has 2 N–H and O–H groups in total. The van der Waals surface area contributed by atoms with Gasteiger partial charge in [0.15, 0.2) is 5.13 Å². The molecule has 0 aliphatic heterocycles. The molecule has 0 aliphatic rings. The molecule has 2 aromatic heterocycles. The number of anilines is 1. The molecule has 24 heavy (non-hydrogen) atoms. The highest BCUT2D eigenvalue weighted by Gasteiger charge is 2.13. The van der Waals surface area contributed by atoms with E-state index in [1.165, 1.54) is 0 Å². The van der Waals surface area contributed by atoms with Gasteiger partial charge in [-0.15, -0.1) is 11.3 Å². The van der Waals surface area contributed by atoms with Crippen molar-refractivity contribution in [1.82, 2.24) is 14.7 Å². The van der Waals surface area contributed by atoms with Crippen molar-refractivity contribution in [2.24, 2.45) is 0 Å². The predicted molar refractivity (Wildman–Crippen MR) is 99.7 cm³/mol. The van der Waals surface area contributed by atoms with Crippen LogP contribution < -0.4 is 10.0 Å². The Kier molecular flexibility index (Phi) is 7.14. The monoisotopic (exact) mass is 368 g/mol. The fraction of sp³-hybridized carbons (Fsp3) is 0.500. The molecule has 2 rings (SSSR count). The molecule has 8 heteroatoms. The van der Waals surface area contributed by atoms with Gasteiger partial charge in [0.05, 0.1) is 10.9 Å². The Labute approximate surface area is 147 Å². The van der Waals surface area contributed by atoms with E-state index in [-0.39, 0.29) is 5.25 Å². The van der Waals surface area contributed by atoms with Gasteiger partial charge in [-0.2, -0.15) is 0 Å². The number of rotatable bonds is 10. The fourth-order valence-electron chi connectivity index (χ4n) is 1.99. The van der Waals surface area contributed by atoms with Crippen molar-refractivity contribution in [3.8, 4) is 11.4 Å². The molecule has 6 nitrogen and oxygen atoms in total. The topological polar surface area (TPSA) is 84.0 Å². The lowest BCUT2D eigenvalue weighted by Crippen LogP contribution is -2.31. The first-order chi connectivity index (χ1) is 11.5. The largest absolute Gasteiger partial charge is 0.362 e. The molecule has 0 bridgehead atoms. The Morgan fingerprint density at radius 2 is 1.92 bits per heavy atom. The average Bonchev–Trinajstić information content (AvgIpc) is 3.03. The summed E-state index contributed by atoms with van der Waals surface area (Å²) in [5.41, 5.74) is 1.76. The number of hydrogen-bond acceptors (Lipinski definition) is 6. The van der Waals surface area contributed by atoms with Crippen molar-refractivity contribution in [3.63, 3.8) is 0 Å². The number of unbranched alkanes of at least 4 members (excludes halogenated alkanes) is 2.